The van der Waals surface area contributed by atoms with E-state index in [-0.39, 0.29) is 18.4 Å². The summed E-state index contributed by atoms with van der Waals surface area (Å²) in [5.41, 5.74) is 0. The molecule has 0 radical (unpaired) electrons. The molecule has 1 saturated carbocycles. The van der Waals surface area contributed by atoms with Gasteiger partial charge in [0.1, 0.15) is 11.8 Å². The van der Waals surface area contributed by atoms with Crippen molar-refractivity contribution in [2.45, 2.75) is 25.3 Å². The van der Waals surface area contributed by atoms with Crippen LogP contribution in [-0.4, -0.2) is 17.6 Å². The van der Waals surface area contributed by atoms with Gasteiger partial charge in [-0.2, -0.15) is 0 Å². The van der Waals surface area contributed by atoms with Crippen molar-refractivity contribution in [3.8, 4) is 0 Å². The first-order valence-electron chi connectivity index (χ1n) is 6.70. The molecule has 0 bridgehead atoms. The lowest BCUT2D eigenvalue weighted by Crippen LogP contribution is -2.32. The molecule has 20 heavy (non-hydrogen) atoms. The van der Waals surface area contributed by atoms with Crippen molar-refractivity contribution >= 4 is 17.2 Å². The third kappa shape index (κ3) is 2.64. The fourth-order valence-electron chi connectivity index (χ4n) is 2.43. The second kappa shape index (κ2) is 5.42. The lowest BCUT2D eigenvalue weighted by atomic mass is 10.2. The number of nitrogens with one attached hydrogen (secondary N) is 1. The molecule has 1 aliphatic rings. The van der Waals surface area contributed by atoms with Crippen LogP contribution in [0.2, 0.25) is 0 Å². The standard InChI is InChI=1S/C15H17NO3S/c1-9-4-5-14(20-9)10-7-11(10)15(18)16-12(8-17)13-3-2-6-19-13/h2-6,10-12,17H,7-8H2,1H3,(H,16,18). The highest BCUT2D eigenvalue weighted by molar-refractivity contribution is 7.12. The van der Waals surface area contributed by atoms with E-state index in [1.54, 1.807) is 29.7 Å². The van der Waals surface area contributed by atoms with Gasteiger partial charge >= 0.3 is 0 Å². The van der Waals surface area contributed by atoms with E-state index in [9.17, 15) is 9.90 Å². The van der Waals surface area contributed by atoms with Crippen LogP contribution in [-0.2, 0) is 4.79 Å². The number of aliphatic hydroxyl groups excluding tert-OH is 1. The maximum Gasteiger partial charge on any atom is 0.224 e. The van der Waals surface area contributed by atoms with Crippen LogP contribution in [0.4, 0.5) is 0 Å². The van der Waals surface area contributed by atoms with Gasteiger partial charge in [0.25, 0.3) is 0 Å². The molecule has 2 heterocycles. The molecule has 0 spiro atoms. The average Bonchev–Trinajstić information content (AvgIpc) is 2.86. The van der Waals surface area contributed by atoms with Gasteiger partial charge in [0, 0.05) is 21.6 Å². The van der Waals surface area contributed by atoms with E-state index in [0.717, 1.165) is 6.42 Å². The average molecular weight is 291 g/mol. The third-order valence-corrected chi connectivity index (χ3v) is 4.77. The molecule has 2 N–H and O–H groups in total. The van der Waals surface area contributed by atoms with Gasteiger partial charge in [-0.05, 0) is 37.6 Å². The summed E-state index contributed by atoms with van der Waals surface area (Å²) < 4.78 is 5.23. The number of hydrogen-bond donors (Lipinski definition) is 2. The zero-order valence-corrected chi connectivity index (χ0v) is 12.0. The second-order valence-corrected chi connectivity index (χ2v) is 6.48. The van der Waals surface area contributed by atoms with Crippen molar-refractivity contribution in [3.63, 3.8) is 0 Å². The van der Waals surface area contributed by atoms with Gasteiger partial charge in [-0.25, -0.2) is 0 Å². The van der Waals surface area contributed by atoms with Crippen LogP contribution in [0, 0.1) is 12.8 Å². The minimum Gasteiger partial charge on any atom is -0.467 e. The van der Waals surface area contributed by atoms with Crippen LogP contribution >= 0.6 is 11.3 Å². The molecule has 2 aromatic heterocycles. The number of rotatable bonds is 5. The van der Waals surface area contributed by atoms with E-state index in [1.807, 2.05) is 0 Å². The first-order chi connectivity index (χ1) is 9.69. The largest absolute Gasteiger partial charge is 0.467 e. The second-order valence-electron chi connectivity index (χ2n) is 5.16. The SMILES string of the molecule is Cc1ccc(C2CC2C(=O)NC(CO)c2ccco2)s1. The molecular formula is C15H17NO3S. The zero-order valence-electron chi connectivity index (χ0n) is 11.2. The van der Waals surface area contributed by atoms with Gasteiger partial charge in [-0.1, -0.05) is 0 Å². The van der Waals surface area contributed by atoms with E-state index in [0.29, 0.717) is 11.7 Å². The van der Waals surface area contributed by atoms with Crippen molar-refractivity contribution in [2.75, 3.05) is 6.61 Å². The molecule has 5 heteroatoms. The van der Waals surface area contributed by atoms with Gasteiger partial charge < -0.3 is 14.8 Å². The summed E-state index contributed by atoms with van der Waals surface area (Å²) in [6, 6.07) is 7.25. The maximum absolute atomic E-state index is 12.2. The third-order valence-electron chi connectivity index (χ3n) is 3.64. The lowest BCUT2D eigenvalue weighted by Gasteiger charge is -2.13. The number of carbonyl (C=O) groups is 1. The quantitative estimate of drug-likeness (QED) is 0.890. The van der Waals surface area contributed by atoms with Crippen molar-refractivity contribution < 1.29 is 14.3 Å². The molecule has 3 unspecified atom stereocenters. The molecule has 1 fully saturated rings. The molecule has 2 aromatic rings. The Hall–Kier alpha value is -1.59. The Bertz CT molecular complexity index is 590. The molecular weight excluding hydrogens is 274 g/mol. The summed E-state index contributed by atoms with van der Waals surface area (Å²) in [6.07, 6.45) is 2.43. The van der Waals surface area contributed by atoms with Crippen LogP contribution in [0.1, 0.15) is 33.9 Å². The first kappa shape index (κ1) is 13.4. The van der Waals surface area contributed by atoms with Gasteiger partial charge in [-0.3, -0.25) is 4.79 Å². The highest BCUT2D eigenvalue weighted by Crippen LogP contribution is 2.49. The Morgan fingerprint density at radius 1 is 1.55 bits per heavy atom. The Morgan fingerprint density at radius 2 is 2.40 bits per heavy atom. The Labute approximate surface area is 121 Å². The predicted molar refractivity (Wildman–Crippen MR) is 76.6 cm³/mol. The fourth-order valence-corrected chi connectivity index (χ4v) is 3.48. The highest BCUT2D eigenvalue weighted by Gasteiger charge is 2.45. The molecule has 3 rings (SSSR count). The van der Waals surface area contributed by atoms with E-state index in [4.69, 9.17) is 4.42 Å². The number of amides is 1. The van der Waals surface area contributed by atoms with Gasteiger partial charge in [-0.15, -0.1) is 11.3 Å². The number of aryl methyl sites for hydroxylation is 1. The van der Waals surface area contributed by atoms with E-state index in [2.05, 4.69) is 24.4 Å². The molecule has 3 atom stereocenters. The van der Waals surface area contributed by atoms with Crippen LogP contribution < -0.4 is 5.32 Å². The predicted octanol–water partition coefficient (Wildman–Crippen LogP) is 2.60. The summed E-state index contributed by atoms with van der Waals surface area (Å²) in [5, 5.41) is 12.2. The molecule has 1 aliphatic carbocycles. The minimum atomic E-state index is -0.455. The zero-order chi connectivity index (χ0) is 14.1. The Morgan fingerprint density at radius 3 is 3.00 bits per heavy atom. The van der Waals surface area contributed by atoms with Crippen LogP contribution in [0.5, 0.6) is 0 Å². The fraction of sp³-hybridized carbons (Fsp3) is 0.400. The summed E-state index contributed by atoms with van der Waals surface area (Å²) in [7, 11) is 0. The number of furan rings is 1. The number of hydrogen-bond acceptors (Lipinski definition) is 4. The van der Waals surface area contributed by atoms with Gasteiger partial charge in [0.2, 0.25) is 5.91 Å². The van der Waals surface area contributed by atoms with Crippen molar-refractivity contribution in [1.82, 2.24) is 5.32 Å². The molecule has 1 amide bonds. The summed E-state index contributed by atoms with van der Waals surface area (Å²) in [6.45, 7) is 1.92. The molecule has 106 valence electrons. The van der Waals surface area contributed by atoms with E-state index in [1.165, 1.54) is 9.75 Å². The first-order valence-corrected chi connectivity index (χ1v) is 7.51. The smallest absolute Gasteiger partial charge is 0.224 e. The summed E-state index contributed by atoms with van der Waals surface area (Å²) >= 11 is 1.75. The number of carbonyl (C=O) groups excluding carboxylic acids is 1. The van der Waals surface area contributed by atoms with E-state index >= 15 is 0 Å². The van der Waals surface area contributed by atoms with Crippen LogP contribution in [0.15, 0.2) is 34.9 Å². The molecule has 0 aromatic carbocycles. The summed E-state index contributed by atoms with van der Waals surface area (Å²) in [4.78, 5) is 14.8. The van der Waals surface area contributed by atoms with Crippen molar-refractivity contribution in [3.05, 3.63) is 46.0 Å². The van der Waals surface area contributed by atoms with Crippen molar-refractivity contribution in [2.24, 2.45) is 5.92 Å². The van der Waals surface area contributed by atoms with Crippen LogP contribution in [0.25, 0.3) is 0 Å². The number of thiophene rings is 1. The molecule has 0 saturated heterocycles. The highest BCUT2D eigenvalue weighted by atomic mass is 32.1. The Balaban J connectivity index is 1.60. The Kier molecular flexibility index (Phi) is 3.63. The lowest BCUT2D eigenvalue weighted by molar-refractivity contribution is -0.123. The minimum absolute atomic E-state index is 0.00324. The normalized spacial score (nSPS) is 22.5. The van der Waals surface area contributed by atoms with Crippen molar-refractivity contribution in [1.29, 1.82) is 0 Å². The molecule has 0 aliphatic heterocycles. The van der Waals surface area contributed by atoms with Crippen LogP contribution in [0.3, 0.4) is 0 Å². The molecule has 4 nitrogen and oxygen atoms in total. The van der Waals surface area contributed by atoms with E-state index < -0.39 is 6.04 Å². The van der Waals surface area contributed by atoms with Gasteiger partial charge in [0.15, 0.2) is 0 Å². The maximum atomic E-state index is 12.2. The number of aliphatic hydroxyl groups is 1. The topological polar surface area (TPSA) is 62.5 Å². The summed E-state index contributed by atoms with van der Waals surface area (Å²) in [5.74, 6) is 0.947. The van der Waals surface area contributed by atoms with Gasteiger partial charge in [0.05, 0.1) is 12.9 Å². The monoisotopic (exact) mass is 291 g/mol.